The minimum atomic E-state index is 0.612. The Labute approximate surface area is 115 Å². The first-order chi connectivity index (χ1) is 8.78. The number of nitrogens with one attached hydrogen (secondary N) is 1. The molecule has 0 saturated carbocycles. The molecule has 0 bridgehead atoms. The van der Waals surface area contributed by atoms with Gasteiger partial charge in [0.25, 0.3) is 0 Å². The number of fused-ring (bicyclic) bond motifs is 1. The Kier molecular flexibility index (Phi) is 3.19. The Morgan fingerprint density at radius 3 is 3.17 bits per heavy atom. The van der Waals surface area contributed by atoms with Crippen LogP contribution < -0.4 is 5.32 Å². The van der Waals surface area contributed by atoms with Crippen LogP contribution in [0.25, 0.3) is 5.57 Å². The zero-order chi connectivity index (χ0) is 12.5. The molecule has 1 N–H and O–H groups in total. The topological polar surface area (TPSA) is 48.7 Å². The zero-order valence-corrected chi connectivity index (χ0v) is 11.6. The average Bonchev–Trinajstić information content (AvgIpc) is 2.83. The van der Waals surface area contributed by atoms with Gasteiger partial charge in [0.1, 0.15) is 10.7 Å². The number of pyridine rings is 1. The molecule has 2 aliphatic rings. The molecule has 1 aromatic heterocycles. The number of rotatable bonds is 1. The highest BCUT2D eigenvalue weighted by Gasteiger charge is 2.30. The van der Waals surface area contributed by atoms with Crippen molar-refractivity contribution in [2.24, 2.45) is 11.8 Å². The van der Waals surface area contributed by atoms with E-state index in [9.17, 15) is 0 Å². The molecular formula is C14H14BrN3. The Bertz CT molecular complexity index is 544. The lowest BCUT2D eigenvalue weighted by molar-refractivity contribution is 0.323. The third-order valence-corrected chi connectivity index (χ3v) is 4.54. The van der Waals surface area contributed by atoms with Crippen LogP contribution in [0.3, 0.4) is 0 Å². The molecule has 1 aromatic rings. The monoisotopic (exact) mass is 303 g/mol. The van der Waals surface area contributed by atoms with Crippen molar-refractivity contribution in [2.75, 3.05) is 13.1 Å². The molecule has 3 rings (SSSR count). The van der Waals surface area contributed by atoms with E-state index in [4.69, 9.17) is 5.26 Å². The maximum Gasteiger partial charge on any atom is 0.123 e. The number of aromatic nitrogens is 1. The summed E-state index contributed by atoms with van der Waals surface area (Å²) in [4.78, 5) is 4.25. The number of hydrogen-bond acceptors (Lipinski definition) is 3. The molecule has 1 aliphatic heterocycles. The van der Waals surface area contributed by atoms with Gasteiger partial charge in [0.15, 0.2) is 0 Å². The number of nitriles is 1. The molecule has 2 atom stereocenters. The Balaban J connectivity index is 1.90. The van der Waals surface area contributed by atoms with Gasteiger partial charge >= 0.3 is 0 Å². The van der Waals surface area contributed by atoms with E-state index >= 15 is 0 Å². The lowest BCUT2D eigenvalue weighted by atomic mass is 9.89. The van der Waals surface area contributed by atoms with Crippen LogP contribution in [0.2, 0.25) is 0 Å². The largest absolute Gasteiger partial charge is 0.316 e. The molecule has 1 aliphatic carbocycles. The minimum absolute atomic E-state index is 0.612. The zero-order valence-electron chi connectivity index (χ0n) is 9.99. The van der Waals surface area contributed by atoms with Gasteiger partial charge in [-0.1, -0.05) is 6.08 Å². The van der Waals surface area contributed by atoms with Gasteiger partial charge in [-0.25, -0.2) is 4.98 Å². The summed E-state index contributed by atoms with van der Waals surface area (Å²) in [5.41, 5.74) is 3.07. The van der Waals surface area contributed by atoms with Gasteiger partial charge in [0.2, 0.25) is 0 Å². The second-order valence-electron chi connectivity index (χ2n) is 4.99. The number of piperidine rings is 1. The third kappa shape index (κ3) is 2.09. The summed E-state index contributed by atoms with van der Waals surface area (Å²) in [5.74, 6) is 1.43. The second kappa shape index (κ2) is 4.83. The van der Waals surface area contributed by atoms with Crippen LogP contribution in [-0.4, -0.2) is 18.1 Å². The highest BCUT2D eigenvalue weighted by molar-refractivity contribution is 9.10. The Morgan fingerprint density at radius 2 is 2.39 bits per heavy atom. The predicted octanol–water partition coefficient (Wildman–Crippen LogP) is 2.73. The summed E-state index contributed by atoms with van der Waals surface area (Å²) in [6, 6.07) is 4.11. The molecule has 0 spiro atoms. The van der Waals surface area contributed by atoms with Crippen LogP contribution in [-0.2, 0) is 0 Å². The molecule has 18 heavy (non-hydrogen) atoms. The fraction of sp³-hybridized carbons (Fsp3) is 0.429. The first-order valence-electron chi connectivity index (χ1n) is 6.25. The summed E-state index contributed by atoms with van der Waals surface area (Å²) in [7, 11) is 0. The van der Waals surface area contributed by atoms with Gasteiger partial charge in [0, 0.05) is 12.7 Å². The standard InChI is InChI=1S/C14H14BrN3/c15-14-11(6-16)5-13(8-18-14)10-3-9-1-2-17-7-12(9)4-10/h4-5,8-9,12,17H,1-3,7H2/t9-,12-/m0/s1. The van der Waals surface area contributed by atoms with Crippen LogP contribution in [0.15, 0.2) is 22.9 Å². The van der Waals surface area contributed by atoms with Crippen LogP contribution in [0.4, 0.5) is 0 Å². The van der Waals surface area contributed by atoms with Crippen LogP contribution in [0.5, 0.6) is 0 Å². The smallest absolute Gasteiger partial charge is 0.123 e. The number of hydrogen-bond donors (Lipinski definition) is 1. The predicted molar refractivity (Wildman–Crippen MR) is 73.7 cm³/mol. The van der Waals surface area contributed by atoms with Crippen molar-refractivity contribution in [1.82, 2.24) is 10.3 Å². The summed E-state index contributed by atoms with van der Waals surface area (Å²) >= 11 is 3.30. The van der Waals surface area contributed by atoms with E-state index in [0.717, 1.165) is 31.0 Å². The fourth-order valence-electron chi connectivity index (χ4n) is 2.91. The molecule has 0 radical (unpaired) electrons. The van der Waals surface area contributed by atoms with E-state index in [2.05, 4.69) is 38.4 Å². The highest BCUT2D eigenvalue weighted by atomic mass is 79.9. The summed E-state index contributed by atoms with van der Waals surface area (Å²) in [6.07, 6.45) is 6.60. The maximum atomic E-state index is 9.04. The minimum Gasteiger partial charge on any atom is -0.316 e. The number of allylic oxidation sites excluding steroid dienone is 1. The van der Waals surface area contributed by atoms with Crippen molar-refractivity contribution >= 4 is 21.5 Å². The normalized spacial score (nSPS) is 26.3. The number of nitrogens with zero attached hydrogens (tertiary/aromatic N) is 2. The lowest BCUT2D eigenvalue weighted by Crippen LogP contribution is -2.33. The molecule has 1 fully saturated rings. The maximum absolute atomic E-state index is 9.04. The molecule has 1 saturated heterocycles. The molecule has 0 amide bonds. The van der Waals surface area contributed by atoms with E-state index in [1.54, 1.807) is 0 Å². The van der Waals surface area contributed by atoms with E-state index < -0.39 is 0 Å². The van der Waals surface area contributed by atoms with Gasteiger partial charge < -0.3 is 5.32 Å². The first kappa shape index (κ1) is 11.9. The van der Waals surface area contributed by atoms with Gasteiger partial charge in [-0.05, 0) is 64.4 Å². The number of halogens is 1. The average molecular weight is 304 g/mol. The molecule has 4 heteroatoms. The lowest BCUT2D eigenvalue weighted by Gasteiger charge is -2.25. The quantitative estimate of drug-likeness (QED) is 0.812. The van der Waals surface area contributed by atoms with Crippen molar-refractivity contribution in [2.45, 2.75) is 12.8 Å². The third-order valence-electron chi connectivity index (χ3n) is 3.91. The van der Waals surface area contributed by atoms with E-state index in [-0.39, 0.29) is 0 Å². The SMILES string of the molecule is N#Cc1cc(C2=C[C@H]3CNCC[C@H]3C2)cnc1Br. The van der Waals surface area contributed by atoms with Crippen molar-refractivity contribution < 1.29 is 0 Å². The fourth-order valence-corrected chi connectivity index (χ4v) is 3.22. The van der Waals surface area contributed by atoms with Crippen molar-refractivity contribution in [3.8, 4) is 6.07 Å². The highest BCUT2D eigenvalue weighted by Crippen LogP contribution is 2.39. The molecule has 0 aromatic carbocycles. The van der Waals surface area contributed by atoms with Gasteiger partial charge in [0.05, 0.1) is 5.56 Å². The molecular weight excluding hydrogens is 290 g/mol. The van der Waals surface area contributed by atoms with E-state index in [0.29, 0.717) is 16.1 Å². The van der Waals surface area contributed by atoms with Crippen molar-refractivity contribution in [3.05, 3.63) is 34.1 Å². The molecule has 3 nitrogen and oxygen atoms in total. The van der Waals surface area contributed by atoms with Crippen LogP contribution >= 0.6 is 15.9 Å². The van der Waals surface area contributed by atoms with E-state index in [1.807, 2.05) is 12.3 Å². The molecule has 2 heterocycles. The van der Waals surface area contributed by atoms with Gasteiger partial charge in [-0.15, -0.1) is 0 Å². The summed E-state index contributed by atoms with van der Waals surface area (Å²) < 4.78 is 0.631. The van der Waals surface area contributed by atoms with Gasteiger partial charge in [-0.3, -0.25) is 0 Å². The van der Waals surface area contributed by atoms with Gasteiger partial charge in [-0.2, -0.15) is 5.26 Å². The first-order valence-corrected chi connectivity index (χ1v) is 7.04. The summed E-state index contributed by atoms with van der Waals surface area (Å²) in [5, 5.41) is 12.5. The van der Waals surface area contributed by atoms with E-state index in [1.165, 1.54) is 12.0 Å². The van der Waals surface area contributed by atoms with Crippen molar-refractivity contribution in [1.29, 1.82) is 5.26 Å². The van der Waals surface area contributed by atoms with Crippen LogP contribution in [0, 0.1) is 23.2 Å². The van der Waals surface area contributed by atoms with Crippen LogP contribution in [0.1, 0.15) is 24.0 Å². The molecule has 92 valence electrons. The second-order valence-corrected chi connectivity index (χ2v) is 5.74. The Hall–Kier alpha value is -1.18. The summed E-state index contributed by atoms with van der Waals surface area (Å²) in [6.45, 7) is 2.22. The Morgan fingerprint density at radius 1 is 1.50 bits per heavy atom. The van der Waals surface area contributed by atoms with Crippen molar-refractivity contribution in [3.63, 3.8) is 0 Å². The molecule has 0 unspecified atom stereocenters.